The van der Waals surface area contributed by atoms with Crippen molar-refractivity contribution in [2.24, 2.45) is 0 Å². The number of carboxylic acid groups (broad SMARTS) is 1. The lowest BCUT2D eigenvalue weighted by atomic mass is 10.4. The number of hydrogen-bond acceptors (Lipinski definition) is 4. The Labute approximate surface area is 79.2 Å². The van der Waals surface area contributed by atoms with Crippen molar-refractivity contribution in [2.75, 3.05) is 0 Å². The largest absolute Gasteiger partial charge is 0.481 e. The van der Waals surface area contributed by atoms with E-state index in [-0.39, 0.29) is 6.42 Å². The Bertz CT molecular complexity index is 491. The molecule has 0 fully saturated rings. The maximum atomic E-state index is 10.5. The van der Waals surface area contributed by atoms with Gasteiger partial charge in [-0.1, -0.05) is 0 Å². The highest BCUT2D eigenvalue weighted by molar-refractivity contribution is 5.69. The number of fused-ring (bicyclic) bond motifs is 1. The first-order chi connectivity index (χ1) is 6.68. The molecule has 0 aliphatic carbocycles. The molecule has 2 aromatic heterocycles. The fraction of sp³-hybridized carbons (Fsp3) is 0.250. The van der Waals surface area contributed by atoms with Gasteiger partial charge >= 0.3 is 5.97 Å². The second kappa shape index (κ2) is 3.06. The minimum absolute atomic E-state index is 0.133. The second-order valence-electron chi connectivity index (χ2n) is 2.89. The lowest BCUT2D eigenvalue weighted by Crippen LogP contribution is -2.06. The Kier molecular flexibility index (Phi) is 1.88. The molecule has 0 radical (unpaired) electrons. The first kappa shape index (κ1) is 8.61. The van der Waals surface area contributed by atoms with E-state index < -0.39 is 5.97 Å². The summed E-state index contributed by atoms with van der Waals surface area (Å²) in [4.78, 5) is 18.5. The molecule has 0 bridgehead atoms. The van der Waals surface area contributed by atoms with E-state index in [1.165, 1.54) is 10.8 Å². The molecule has 0 atom stereocenters. The van der Waals surface area contributed by atoms with Crippen LogP contribution in [0.25, 0.3) is 5.52 Å². The first-order valence-electron chi connectivity index (χ1n) is 4.04. The summed E-state index contributed by atoms with van der Waals surface area (Å²) in [7, 11) is 0. The van der Waals surface area contributed by atoms with Crippen molar-refractivity contribution in [3.8, 4) is 0 Å². The third-order valence-electron chi connectivity index (χ3n) is 1.88. The van der Waals surface area contributed by atoms with Crippen LogP contribution in [-0.2, 0) is 11.2 Å². The maximum Gasteiger partial charge on any atom is 0.311 e. The highest BCUT2D eigenvalue weighted by Crippen LogP contribution is 2.09. The van der Waals surface area contributed by atoms with Gasteiger partial charge in [-0.25, -0.2) is 14.5 Å². The summed E-state index contributed by atoms with van der Waals surface area (Å²) in [6.45, 7) is 1.80. The topological polar surface area (TPSA) is 80.4 Å². The van der Waals surface area contributed by atoms with E-state index in [4.69, 9.17) is 5.11 Å². The van der Waals surface area contributed by atoms with Crippen LogP contribution in [0.2, 0.25) is 0 Å². The Hall–Kier alpha value is -1.98. The minimum Gasteiger partial charge on any atom is -0.481 e. The minimum atomic E-state index is -0.921. The summed E-state index contributed by atoms with van der Waals surface area (Å²) < 4.78 is 1.50. The van der Waals surface area contributed by atoms with Crippen LogP contribution in [0.15, 0.2) is 12.5 Å². The van der Waals surface area contributed by atoms with Crippen LogP contribution in [0.5, 0.6) is 0 Å². The Balaban J connectivity index is 2.60. The number of aromatic nitrogens is 4. The predicted octanol–water partition coefficient (Wildman–Crippen LogP) is 0.0598. The Morgan fingerprint density at radius 1 is 1.64 bits per heavy atom. The summed E-state index contributed by atoms with van der Waals surface area (Å²) >= 11 is 0. The Morgan fingerprint density at radius 3 is 3.14 bits per heavy atom. The van der Waals surface area contributed by atoms with E-state index in [9.17, 15) is 4.79 Å². The van der Waals surface area contributed by atoms with Crippen LogP contribution in [0, 0.1) is 6.92 Å². The zero-order chi connectivity index (χ0) is 10.1. The third-order valence-corrected chi connectivity index (χ3v) is 1.88. The lowest BCUT2D eigenvalue weighted by molar-refractivity contribution is -0.136. The number of aryl methyl sites for hydroxylation is 1. The number of nitrogens with zero attached hydrogens (tertiary/aromatic N) is 4. The first-order valence-corrected chi connectivity index (χ1v) is 4.04. The van der Waals surface area contributed by atoms with Crippen LogP contribution < -0.4 is 0 Å². The molecule has 2 rings (SSSR count). The molecule has 0 unspecified atom stereocenters. The van der Waals surface area contributed by atoms with E-state index in [1.807, 2.05) is 0 Å². The van der Waals surface area contributed by atoms with Gasteiger partial charge in [0.05, 0.1) is 11.9 Å². The van der Waals surface area contributed by atoms with E-state index >= 15 is 0 Å². The average Bonchev–Trinajstić information content (AvgIpc) is 2.44. The molecule has 0 aromatic carbocycles. The molecule has 0 aliphatic heterocycles. The van der Waals surface area contributed by atoms with Gasteiger partial charge in [0, 0.05) is 0 Å². The number of aliphatic carboxylic acids is 1. The molecule has 72 valence electrons. The quantitative estimate of drug-likeness (QED) is 0.727. The smallest absolute Gasteiger partial charge is 0.311 e. The standard InChI is InChI=1S/C8H8N4O2/c1-5-6-3-9-4-10-12(6)7(11-5)2-8(13)14/h3-4H,2H2,1H3,(H,13,14). The highest BCUT2D eigenvalue weighted by atomic mass is 16.4. The molecule has 14 heavy (non-hydrogen) atoms. The summed E-state index contributed by atoms with van der Waals surface area (Å²) in [5.74, 6) is -0.497. The monoisotopic (exact) mass is 192 g/mol. The zero-order valence-corrected chi connectivity index (χ0v) is 7.51. The fourth-order valence-electron chi connectivity index (χ4n) is 1.30. The lowest BCUT2D eigenvalue weighted by Gasteiger charge is -1.94. The van der Waals surface area contributed by atoms with Crippen LogP contribution in [-0.4, -0.2) is 30.7 Å². The number of carbonyl (C=O) groups is 1. The van der Waals surface area contributed by atoms with Gasteiger partial charge in [-0.15, -0.1) is 0 Å². The van der Waals surface area contributed by atoms with Crippen molar-refractivity contribution in [3.05, 3.63) is 24.0 Å². The highest BCUT2D eigenvalue weighted by Gasteiger charge is 2.11. The SMILES string of the molecule is Cc1nc(CC(=O)O)n2ncncc12. The summed E-state index contributed by atoms with van der Waals surface area (Å²) in [5.41, 5.74) is 1.48. The van der Waals surface area contributed by atoms with Crippen LogP contribution in [0.4, 0.5) is 0 Å². The van der Waals surface area contributed by atoms with Crippen molar-refractivity contribution in [1.29, 1.82) is 0 Å². The van der Waals surface area contributed by atoms with Crippen molar-refractivity contribution < 1.29 is 9.90 Å². The Morgan fingerprint density at radius 2 is 2.43 bits per heavy atom. The molecule has 0 aliphatic rings. The molecular weight excluding hydrogens is 184 g/mol. The maximum absolute atomic E-state index is 10.5. The molecule has 6 nitrogen and oxygen atoms in total. The van der Waals surface area contributed by atoms with Crippen LogP contribution in [0.1, 0.15) is 11.5 Å². The normalized spacial score (nSPS) is 10.6. The zero-order valence-electron chi connectivity index (χ0n) is 7.51. The van der Waals surface area contributed by atoms with Crippen molar-refractivity contribution >= 4 is 11.5 Å². The van der Waals surface area contributed by atoms with Gasteiger partial charge in [-0.2, -0.15) is 5.10 Å². The third kappa shape index (κ3) is 1.30. The number of rotatable bonds is 2. The second-order valence-corrected chi connectivity index (χ2v) is 2.89. The molecule has 0 amide bonds. The van der Waals surface area contributed by atoms with Gasteiger partial charge in [0.1, 0.15) is 24.1 Å². The fourth-order valence-corrected chi connectivity index (χ4v) is 1.30. The molecule has 1 N–H and O–H groups in total. The van der Waals surface area contributed by atoms with Crippen molar-refractivity contribution in [3.63, 3.8) is 0 Å². The molecule has 6 heteroatoms. The van der Waals surface area contributed by atoms with Gasteiger partial charge < -0.3 is 5.11 Å². The van der Waals surface area contributed by atoms with E-state index in [0.717, 1.165) is 11.2 Å². The van der Waals surface area contributed by atoms with E-state index in [1.54, 1.807) is 13.1 Å². The molecular formula is C8H8N4O2. The van der Waals surface area contributed by atoms with Gasteiger partial charge in [0.2, 0.25) is 0 Å². The molecule has 0 spiro atoms. The van der Waals surface area contributed by atoms with E-state index in [0.29, 0.717) is 5.82 Å². The molecule has 2 heterocycles. The number of carboxylic acids is 1. The van der Waals surface area contributed by atoms with Crippen LogP contribution >= 0.6 is 0 Å². The van der Waals surface area contributed by atoms with Gasteiger partial charge in [0.15, 0.2) is 0 Å². The number of hydrogen-bond donors (Lipinski definition) is 1. The molecule has 0 saturated heterocycles. The van der Waals surface area contributed by atoms with Gasteiger partial charge in [0.25, 0.3) is 0 Å². The predicted molar refractivity (Wildman–Crippen MR) is 46.9 cm³/mol. The summed E-state index contributed by atoms with van der Waals surface area (Å²) in [6.07, 6.45) is 2.84. The van der Waals surface area contributed by atoms with Gasteiger partial charge in [-0.3, -0.25) is 4.79 Å². The molecule has 0 saturated carbocycles. The summed E-state index contributed by atoms with van der Waals surface area (Å²) in [5, 5.41) is 12.6. The number of imidazole rings is 1. The molecule has 2 aromatic rings. The van der Waals surface area contributed by atoms with Crippen LogP contribution in [0.3, 0.4) is 0 Å². The summed E-state index contributed by atoms with van der Waals surface area (Å²) in [6, 6.07) is 0. The average molecular weight is 192 g/mol. The van der Waals surface area contributed by atoms with Crippen molar-refractivity contribution in [2.45, 2.75) is 13.3 Å². The van der Waals surface area contributed by atoms with Gasteiger partial charge in [-0.05, 0) is 6.92 Å². The van der Waals surface area contributed by atoms with Crippen molar-refractivity contribution in [1.82, 2.24) is 19.6 Å². The van der Waals surface area contributed by atoms with E-state index in [2.05, 4.69) is 15.1 Å².